The number of nitrogens with zero attached hydrogens (tertiary/aromatic N) is 1. The van der Waals surface area contributed by atoms with Gasteiger partial charge in [0.15, 0.2) is 0 Å². The number of nitrogen functional groups attached to an aromatic ring is 1. The molecular weight excluding hydrogens is 271 g/mol. The summed E-state index contributed by atoms with van der Waals surface area (Å²) >= 11 is 0. The van der Waals surface area contributed by atoms with Crippen LogP contribution in [-0.4, -0.2) is 37.5 Å². The molecule has 108 valence electrons. The fraction of sp³-hybridized carbons (Fsp3) is 0.500. The van der Waals surface area contributed by atoms with E-state index in [0.29, 0.717) is 12.0 Å². The fourth-order valence-corrected chi connectivity index (χ4v) is 3.03. The van der Waals surface area contributed by atoms with Crippen LogP contribution in [0, 0.1) is 12.7 Å². The Balaban J connectivity index is 3.10. The first-order chi connectivity index (χ1) is 8.66. The van der Waals surface area contributed by atoms with Gasteiger partial charge in [0.2, 0.25) is 10.0 Å². The SMILES string of the molecule is Cc1cc(F)c(N)cc1S(=O)(=O)N(C)CCC(C)O. The van der Waals surface area contributed by atoms with E-state index >= 15 is 0 Å². The third-order valence-electron chi connectivity index (χ3n) is 2.84. The number of hydrogen-bond donors (Lipinski definition) is 2. The van der Waals surface area contributed by atoms with E-state index in [9.17, 15) is 17.9 Å². The van der Waals surface area contributed by atoms with Crippen LogP contribution in [0.25, 0.3) is 0 Å². The molecule has 0 aliphatic heterocycles. The normalized spacial score (nSPS) is 13.8. The van der Waals surface area contributed by atoms with Gasteiger partial charge in [-0.15, -0.1) is 0 Å². The number of nitrogens with two attached hydrogens (primary N) is 1. The standard InChI is InChI=1S/C12H19FN2O3S/c1-8-6-10(13)11(14)7-12(8)19(17,18)15(3)5-4-9(2)16/h6-7,9,16H,4-5,14H2,1-3H3. The number of hydrogen-bond acceptors (Lipinski definition) is 4. The van der Waals surface area contributed by atoms with Crippen molar-refractivity contribution in [2.45, 2.75) is 31.3 Å². The van der Waals surface area contributed by atoms with Crippen molar-refractivity contribution in [1.29, 1.82) is 0 Å². The number of benzene rings is 1. The lowest BCUT2D eigenvalue weighted by Crippen LogP contribution is -2.30. The highest BCUT2D eigenvalue weighted by Gasteiger charge is 2.24. The van der Waals surface area contributed by atoms with Crippen LogP contribution in [0.4, 0.5) is 10.1 Å². The monoisotopic (exact) mass is 290 g/mol. The topological polar surface area (TPSA) is 83.6 Å². The van der Waals surface area contributed by atoms with E-state index in [1.165, 1.54) is 14.0 Å². The number of aliphatic hydroxyl groups excluding tert-OH is 1. The first kappa shape index (κ1) is 15.9. The molecule has 0 radical (unpaired) electrons. The van der Waals surface area contributed by atoms with E-state index in [1.807, 2.05) is 0 Å². The molecule has 0 aliphatic carbocycles. The Labute approximate surface area is 112 Å². The second-order valence-electron chi connectivity index (χ2n) is 4.60. The zero-order valence-corrected chi connectivity index (χ0v) is 12.0. The van der Waals surface area contributed by atoms with Gasteiger partial charge in [-0.1, -0.05) is 0 Å². The number of aliphatic hydroxyl groups is 1. The van der Waals surface area contributed by atoms with Crippen molar-refractivity contribution in [2.75, 3.05) is 19.3 Å². The summed E-state index contributed by atoms with van der Waals surface area (Å²) in [4.78, 5) is -0.0144. The molecule has 0 fully saturated rings. The van der Waals surface area contributed by atoms with Gasteiger partial charge in [0.25, 0.3) is 0 Å². The van der Waals surface area contributed by atoms with Crippen LogP contribution >= 0.6 is 0 Å². The highest BCUT2D eigenvalue weighted by Crippen LogP contribution is 2.24. The number of rotatable bonds is 5. The molecule has 5 nitrogen and oxygen atoms in total. The van der Waals surface area contributed by atoms with Gasteiger partial charge < -0.3 is 10.8 Å². The van der Waals surface area contributed by atoms with Crippen LogP contribution in [0.3, 0.4) is 0 Å². The zero-order valence-electron chi connectivity index (χ0n) is 11.2. The summed E-state index contributed by atoms with van der Waals surface area (Å²) in [5, 5.41) is 9.18. The first-order valence-electron chi connectivity index (χ1n) is 5.86. The highest BCUT2D eigenvalue weighted by molar-refractivity contribution is 7.89. The van der Waals surface area contributed by atoms with Gasteiger partial charge in [0.1, 0.15) is 5.82 Å². The van der Waals surface area contributed by atoms with Crippen LogP contribution in [-0.2, 0) is 10.0 Å². The van der Waals surface area contributed by atoms with Gasteiger partial charge in [-0.2, -0.15) is 0 Å². The molecule has 0 heterocycles. The average molecular weight is 290 g/mol. The fourth-order valence-electron chi connectivity index (χ4n) is 1.60. The number of halogens is 1. The molecule has 1 atom stereocenters. The van der Waals surface area contributed by atoms with Gasteiger partial charge >= 0.3 is 0 Å². The van der Waals surface area contributed by atoms with Gasteiger partial charge in [0.05, 0.1) is 16.7 Å². The van der Waals surface area contributed by atoms with Crippen molar-refractivity contribution in [2.24, 2.45) is 0 Å². The largest absolute Gasteiger partial charge is 0.396 e. The molecule has 0 saturated carbocycles. The highest BCUT2D eigenvalue weighted by atomic mass is 32.2. The Morgan fingerprint density at radius 1 is 1.47 bits per heavy atom. The lowest BCUT2D eigenvalue weighted by atomic mass is 10.2. The summed E-state index contributed by atoms with van der Waals surface area (Å²) < 4.78 is 39.0. The second-order valence-corrected chi connectivity index (χ2v) is 6.62. The molecule has 0 spiro atoms. The third-order valence-corrected chi connectivity index (χ3v) is 4.84. The summed E-state index contributed by atoms with van der Waals surface area (Å²) in [6.45, 7) is 3.27. The molecular formula is C12H19FN2O3S. The molecule has 19 heavy (non-hydrogen) atoms. The molecule has 0 aliphatic rings. The van der Waals surface area contributed by atoms with Crippen molar-refractivity contribution < 1.29 is 17.9 Å². The molecule has 1 unspecified atom stereocenters. The molecule has 7 heteroatoms. The minimum Gasteiger partial charge on any atom is -0.396 e. The molecule has 1 rings (SSSR count). The Morgan fingerprint density at radius 2 is 2.05 bits per heavy atom. The number of anilines is 1. The predicted octanol–water partition coefficient (Wildman–Crippen LogP) is 1.11. The molecule has 0 amide bonds. The minimum atomic E-state index is -3.73. The van der Waals surface area contributed by atoms with E-state index in [4.69, 9.17) is 5.73 Å². The van der Waals surface area contributed by atoms with Gasteiger partial charge in [0, 0.05) is 13.6 Å². The lowest BCUT2D eigenvalue weighted by Gasteiger charge is -2.19. The van der Waals surface area contributed by atoms with Gasteiger partial charge in [-0.3, -0.25) is 0 Å². The quantitative estimate of drug-likeness (QED) is 0.796. The molecule has 0 aromatic heterocycles. The maximum absolute atomic E-state index is 13.2. The maximum Gasteiger partial charge on any atom is 0.243 e. The summed E-state index contributed by atoms with van der Waals surface area (Å²) in [5.41, 5.74) is 5.51. The van der Waals surface area contributed by atoms with Crippen LogP contribution in [0.15, 0.2) is 17.0 Å². The van der Waals surface area contributed by atoms with Crippen LogP contribution < -0.4 is 5.73 Å². The van der Waals surface area contributed by atoms with Crippen LogP contribution in [0.1, 0.15) is 18.9 Å². The van der Waals surface area contributed by atoms with E-state index < -0.39 is 21.9 Å². The third kappa shape index (κ3) is 3.65. The van der Waals surface area contributed by atoms with Gasteiger partial charge in [-0.25, -0.2) is 17.1 Å². The maximum atomic E-state index is 13.2. The van der Waals surface area contributed by atoms with Crippen molar-refractivity contribution in [3.05, 3.63) is 23.5 Å². The van der Waals surface area contributed by atoms with Crippen molar-refractivity contribution in [3.63, 3.8) is 0 Å². The van der Waals surface area contributed by atoms with Crippen LogP contribution in [0.2, 0.25) is 0 Å². The minimum absolute atomic E-state index is 0.0144. The lowest BCUT2D eigenvalue weighted by molar-refractivity contribution is 0.177. The van der Waals surface area contributed by atoms with E-state index in [0.717, 1.165) is 16.4 Å². The second kappa shape index (κ2) is 5.85. The Hall–Kier alpha value is -1.18. The summed E-state index contributed by atoms with van der Waals surface area (Å²) in [7, 11) is -2.32. The Kier molecular flexibility index (Phi) is 4.89. The van der Waals surface area contributed by atoms with Crippen LogP contribution in [0.5, 0.6) is 0 Å². The van der Waals surface area contributed by atoms with Gasteiger partial charge in [-0.05, 0) is 38.0 Å². The zero-order chi connectivity index (χ0) is 14.8. The molecule has 0 bridgehead atoms. The predicted molar refractivity (Wildman–Crippen MR) is 71.7 cm³/mol. The molecule has 1 aromatic carbocycles. The van der Waals surface area contributed by atoms with Crippen molar-refractivity contribution in [1.82, 2.24) is 4.31 Å². The average Bonchev–Trinajstić information content (AvgIpc) is 2.30. The first-order valence-corrected chi connectivity index (χ1v) is 7.30. The molecule has 0 saturated heterocycles. The summed E-state index contributed by atoms with van der Waals surface area (Å²) in [6, 6.07) is 2.23. The van der Waals surface area contributed by atoms with E-state index in [-0.39, 0.29) is 17.1 Å². The number of aryl methyl sites for hydroxylation is 1. The summed E-state index contributed by atoms with van der Waals surface area (Å²) in [6.07, 6.45) is -0.261. The van der Waals surface area contributed by atoms with Crippen molar-refractivity contribution >= 4 is 15.7 Å². The number of sulfonamides is 1. The summed E-state index contributed by atoms with van der Waals surface area (Å²) in [5.74, 6) is -0.636. The smallest absolute Gasteiger partial charge is 0.243 e. The van der Waals surface area contributed by atoms with E-state index in [1.54, 1.807) is 6.92 Å². The molecule has 1 aromatic rings. The molecule has 3 N–H and O–H groups in total. The van der Waals surface area contributed by atoms with E-state index in [2.05, 4.69) is 0 Å². The van der Waals surface area contributed by atoms with Crippen molar-refractivity contribution in [3.8, 4) is 0 Å². The Bertz CT molecular complexity index is 558. The Morgan fingerprint density at radius 3 is 2.58 bits per heavy atom.